The molecule has 5 aromatic rings. The van der Waals surface area contributed by atoms with Gasteiger partial charge in [-0.05, 0) is 53.4 Å². The molecule has 0 saturated heterocycles. The van der Waals surface area contributed by atoms with E-state index in [2.05, 4.69) is 11.1 Å². The number of carbonyl (C=O) groups is 1. The average Bonchev–Trinajstić information content (AvgIpc) is 3.43. The minimum atomic E-state index is -0.677. The predicted octanol–water partition coefficient (Wildman–Crippen LogP) is 4.10. The summed E-state index contributed by atoms with van der Waals surface area (Å²) >= 11 is 0. The van der Waals surface area contributed by atoms with Gasteiger partial charge in [-0.15, -0.1) is 0 Å². The van der Waals surface area contributed by atoms with Crippen molar-refractivity contribution in [3.63, 3.8) is 0 Å². The van der Waals surface area contributed by atoms with Crippen LogP contribution in [0.1, 0.15) is 38.7 Å². The van der Waals surface area contributed by atoms with Crippen molar-refractivity contribution < 1.29 is 19.1 Å². The summed E-state index contributed by atoms with van der Waals surface area (Å²) in [6.07, 6.45) is 0.580. The number of hydrogen-bond donors (Lipinski definition) is 1. The molecule has 3 aromatic carbocycles. The van der Waals surface area contributed by atoms with Crippen molar-refractivity contribution >= 4 is 23.0 Å². The van der Waals surface area contributed by atoms with Gasteiger partial charge in [-0.2, -0.15) is 5.26 Å². The molecule has 1 N–H and O–H groups in total. The Bertz CT molecular complexity index is 1870. The summed E-state index contributed by atoms with van der Waals surface area (Å²) in [5.41, 5.74) is 3.54. The molecule has 0 radical (unpaired) electrons. The minimum Gasteiger partial charge on any atom is -0.501 e. The summed E-state index contributed by atoms with van der Waals surface area (Å²) < 4.78 is 12.1. The molecule has 10 nitrogen and oxygen atoms in total. The van der Waals surface area contributed by atoms with E-state index in [0.717, 1.165) is 11.1 Å². The molecule has 2 aromatic heterocycles. The summed E-state index contributed by atoms with van der Waals surface area (Å²) in [6, 6.07) is 21.3. The zero-order valence-corrected chi connectivity index (χ0v) is 21.7. The van der Waals surface area contributed by atoms with Gasteiger partial charge in [0.15, 0.2) is 11.3 Å². The second-order valence-corrected chi connectivity index (χ2v) is 9.41. The fourth-order valence-electron chi connectivity index (χ4n) is 5.21. The Labute approximate surface area is 228 Å². The first-order valence-corrected chi connectivity index (χ1v) is 12.5. The van der Waals surface area contributed by atoms with Crippen molar-refractivity contribution in [1.29, 1.82) is 5.26 Å². The van der Waals surface area contributed by atoms with Gasteiger partial charge in [0.05, 0.1) is 30.3 Å². The highest BCUT2D eigenvalue weighted by Crippen LogP contribution is 2.40. The molecule has 0 spiro atoms. The van der Waals surface area contributed by atoms with Gasteiger partial charge >= 0.3 is 5.97 Å². The van der Waals surface area contributed by atoms with Crippen LogP contribution in [0, 0.1) is 11.3 Å². The Hall–Kier alpha value is -5.43. The number of rotatable bonds is 4. The molecule has 0 bridgehead atoms. The number of nitrogens with zero attached hydrogens (tertiary/aromatic N) is 5. The number of ether oxygens (including phenoxy) is 1. The molecule has 0 fully saturated rings. The number of anilines is 1. The van der Waals surface area contributed by atoms with Crippen LogP contribution in [0.4, 0.5) is 5.95 Å². The van der Waals surface area contributed by atoms with Gasteiger partial charge in [-0.3, -0.25) is 9.36 Å². The Kier molecular flexibility index (Phi) is 6.04. The van der Waals surface area contributed by atoms with E-state index in [0.29, 0.717) is 40.8 Å². The molecular weight excluding hydrogens is 510 g/mol. The van der Waals surface area contributed by atoms with Crippen LogP contribution >= 0.6 is 0 Å². The number of methoxy groups -OCH3 is 1. The number of esters is 1. The molecule has 3 heterocycles. The topological polar surface area (TPSA) is 134 Å². The summed E-state index contributed by atoms with van der Waals surface area (Å²) in [6.45, 7) is 0.438. The van der Waals surface area contributed by atoms with E-state index >= 15 is 0 Å². The maximum Gasteiger partial charge on any atom is 0.337 e. The van der Waals surface area contributed by atoms with Gasteiger partial charge in [-0.1, -0.05) is 36.4 Å². The van der Waals surface area contributed by atoms with Gasteiger partial charge in [0.1, 0.15) is 5.52 Å². The lowest BCUT2D eigenvalue weighted by molar-refractivity contribution is 0.0600. The minimum absolute atomic E-state index is 0.0111. The second kappa shape index (κ2) is 9.71. The number of aromatic nitrogens is 3. The van der Waals surface area contributed by atoms with Crippen molar-refractivity contribution in [2.24, 2.45) is 7.05 Å². The van der Waals surface area contributed by atoms with Gasteiger partial charge in [0.2, 0.25) is 11.7 Å². The van der Waals surface area contributed by atoms with Crippen molar-refractivity contribution in [2.75, 3.05) is 18.6 Å². The number of benzene rings is 3. The van der Waals surface area contributed by atoms with Gasteiger partial charge < -0.3 is 19.2 Å². The monoisotopic (exact) mass is 533 g/mol. The molecule has 1 aliphatic heterocycles. The van der Waals surface area contributed by atoms with Crippen LogP contribution < -0.4 is 10.5 Å². The van der Waals surface area contributed by atoms with Crippen molar-refractivity contribution in [3.8, 4) is 23.4 Å². The van der Waals surface area contributed by atoms with E-state index in [4.69, 9.17) is 14.1 Å². The summed E-state index contributed by atoms with van der Waals surface area (Å²) in [4.78, 5) is 36.8. The Balaban J connectivity index is 1.59. The summed E-state index contributed by atoms with van der Waals surface area (Å²) in [5, 5.41) is 20.8. The number of carbonyl (C=O) groups excluding carboxylic acids is 1. The van der Waals surface area contributed by atoms with Crippen LogP contribution in [0.2, 0.25) is 0 Å². The van der Waals surface area contributed by atoms with Crippen LogP contribution in [0.3, 0.4) is 0 Å². The van der Waals surface area contributed by atoms with E-state index in [1.807, 2.05) is 29.2 Å². The fourth-order valence-corrected chi connectivity index (χ4v) is 5.21. The lowest BCUT2D eigenvalue weighted by Crippen LogP contribution is -2.40. The van der Waals surface area contributed by atoms with Crippen molar-refractivity contribution in [1.82, 2.24) is 14.5 Å². The molecule has 0 aliphatic carbocycles. The van der Waals surface area contributed by atoms with Crippen LogP contribution in [0.25, 0.3) is 22.7 Å². The summed E-state index contributed by atoms with van der Waals surface area (Å²) in [5.74, 6) is -0.818. The zero-order chi connectivity index (χ0) is 28.0. The molecule has 0 saturated carbocycles. The summed E-state index contributed by atoms with van der Waals surface area (Å²) in [7, 11) is 2.84. The normalized spacial score (nSPS) is 14.5. The van der Waals surface area contributed by atoms with E-state index < -0.39 is 23.3 Å². The van der Waals surface area contributed by atoms with Gasteiger partial charge in [0, 0.05) is 13.6 Å². The number of para-hydroxylation sites is 2. The number of nitriles is 1. The first-order chi connectivity index (χ1) is 19.4. The highest BCUT2D eigenvalue weighted by molar-refractivity contribution is 5.90. The number of hydrogen-bond acceptors (Lipinski definition) is 9. The molecule has 1 unspecified atom stereocenters. The molecule has 1 aliphatic rings. The number of aromatic hydroxyl groups is 1. The molecule has 1 atom stereocenters. The quantitative estimate of drug-likeness (QED) is 0.339. The average molecular weight is 534 g/mol. The second-order valence-electron chi connectivity index (χ2n) is 9.41. The molecule has 6 rings (SSSR count). The van der Waals surface area contributed by atoms with Crippen LogP contribution in [-0.4, -0.2) is 39.3 Å². The zero-order valence-electron chi connectivity index (χ0n) is 21.7. The third-order valence-electron chi connectivity index (χ3n) is 7.17. The van der Waals surface area contributed by atoms with E-state index in [1.54, 1.807) is 42.5 Å². The Morgan fingerprint density at radius 3 is 2.65 bits per heavy atom. The molecule has 198 valence electrons. The maximum atomic E-state index is 13.3. The molecule has 40 heavy (non-hydrogen) atoms. The standard InChI is InChI=1S/C30H23N5O5/c1-34-28(37)26(36)24(27-32-22-9-5-6-10-23(22)40-27)33-30(34)35-14-13-17-11-12-18(29(38)39-2)15-21(17)25(35)20-8-4-3-7-19(20)16-31/h3-12,15,25,36H,13-14H2,1-2H3. The van der Waals surface area contributed by atoms with Crippen molar-refractivity contribution in [3.05, 3.63) is 105 Å². The smallest absolute Gasteiger partial charge is 0.337 e. The van der Waals surface area contributed by atoms with Crippen LogP contribution in [0.5, 0.6) is 5.75 Å². The largest absolute Gasteiger partial charge is 0.501 e. The lowest BCUT2D eigenvalue weighted by atomic mass is 9.85. The van der Waals surface area contributed by atoms with E-state index in [9.17, 15) is 20.0 Å². The number of oxazole rings is 1. The first-order valence-electron chi connectivity index (χ1n) is 12.5. The molecule has 0 amide bonds. The lowest BCUT2D eigenvalue weighted by Gasteiger charge is -2.39. The third-order valence-corrected chi connectivity index (χ3v) is 7.17. The van der Waals surface area contributed by atoms with E-state index in [1.165, 1.54) is 18.7 Å². The first kappa shape index (κ1) is 24.9. The maximum absolute atomic E-state index is 13.3. The third kappa shape index (κ3) is 3.96. The van der Waals surface area contributed by atoms with Crippen LogP contribution in [-0.2, 0) is 18.2 Å². The fraction of sp³-hybridized carbons (Fsp3) is 0.167. The Morgan fingerprint density at radius 2 is 1.88 bits per heavy atom. The molecular formula is C30H23N5O5. The van der Waals surface area contributed by atoms with Gasteiger partial charge in [-0.25, -0.2) is 14.8 Å². The highest BCUT2D eigenvalue weighted by Gasteiger charge is 2.34. The molecule has 10 heteroatoms. The Morgan fingerprint density at radius 1 is 1.10 bits per heavy atom. The predicted molar refractivity (Wildman–Crippen MR) is 146 cm³/mol. The van der Waals surface area contributed by atoms with Crippen molar-refractivity contribution in [2.45, 2.75) is 12.5 Å². The highest BCUT2D eigenvalue weighted by atomic mass is 16.5. The van der Waals surface area contributed by atoms with Gasteiger partial charge in [0.25, 0.3) is 11.4 Å². The SMILES string of the molecule is COC(=O)c1ccc2c(c1)C(c1ccccc1C#N)N(c1nc(-c3nc4ccccc4o3)c(O)c(=O)n1C)CC2. The number of fused-ring (bicyclic) bond motifs is 2. The van der Waals surface area contributed by atoms with Crippen LogP contribution in [0.15, 0.2) is 75.9 Å². The van der Waals surface area contributed by atoms with E-state index in [-0.39, 0.29) is 17.5 Å².